The van der Waals surface area contributed by atoms with E-state index in [1.165, 1.54) is 31.4 Å². The third kappa shape index (κ3) is 2.13. The number of benzene rings is 1. The third-order valence-corrected chi connectivity index (χ3v) is 2.40. The smallest absolute Gasteiger partial charge is 0.288 e. The van der Waals surface area contributed by atoms with Gasteiger partial charge >= 0.3 is 0 Å². The van der Waals surface area contributed by atoms with E-state index in [2.05, 4.69) is 4.98 Å². The van der Waals surface area contributed by atoms with Crippen molar-refractivity contribution in [3.63, 3.8) is 0 Å². The maximum Gasteiger partial charge on any atom is 0.288 e. The second-order valence-corrected chi connectivity index (χ2v) is 3.49. The molecule has 0 bridgehead atoms. The zero-order valence-corrected chi connectivity index (χ0v) is 9.46. The molecule has 0 unspecified atom stereocenters. The molecule has 1 aromatic heterocycles. The van der Waals surface area contributed by atoms with Crippen molar-refractivity contribution in [2.45, 2.75) is 0 Å². The highest BCUT2D eigenvalue weighted by molar-refractivity contribution is 5.71. The normalized spacial score (nSPS) is 10.1. The zero-order chi connectivity index (χ0) is 13.1. The Bertz CT molecular complexity index is 602. The van der Waals surface area contributed by atoms with E-state index in [-0.39, 0.29) is 22.7 Å². The molecule has 0 aliphatic rings. The Balaban J connectivity index is 2.64. The fourth-order valence-corrected chi connectivity index (χ4v) is 1.58. The van der Waals surface area contributed by atoms with Crippen LogP contribution in [-0.4, -0.2) is 17.0 Å². The lowest BCUT2D eigenvalue weighted by molar-refractivity contribution is -0.385. The lowest BCUT2D eigenvalue weighted by atomic mass is 10.1. The van der Waals surface area contributed by atoms with E-state index >= 15 is 0 Å². The van der Waals surface area contributed by atoms with Gasteiger partial charge in [-0.2, -0.15) is 0 Å². The second-order valence-electron chi connectivity index (χ2n) is 3.49. The van der Waals surface area contributed by atoms with Gasteiger partial charge in [-0.1, -0.05) is 18.2 Å². The lowest BCUT2D eigenvalue weighted by Gasteiger charge is -2.07. The van der Waals surface area contributed by atoms with E-state index < -0.39 is 10.7 Å². The Morgan fingerprint density at radius 2 is 2.06 bits per heavy atom. The highest BCUT2D eigenvalue weighted by Crippen LogP contribution is 2.32. The molecule has 18 heavy (non-hydrogen) atoms. The lowest BCUT2D eigenvalue weighted by Crippen LogP contribution is -1.96. The van der Waals surface area contributed by atoms with Crippen LogP contribution in [0.5, 0.6) is 5.88 Å². The molecule has 5 nitrogen and oxygen atoms in total. The minimum atomic E-state index is -0.587. The number of rotatable bonds is 3. The van der Waals surface area contributed by atoms with Gasteiger partial charge < -0.3 is 4.74 Å². The number of nitrogens with zero attached hydrogens (tertiary/aromatic N) is 2. The quantitative estimate of drug-likeness (QED) is 0.618. The van der Waals surface area contributed by atoms with Crippen molar-refractivity contribution in [3.8, 4) is 17.0 Å². The number of pyridine rings is 1. The molecule has 92 valence electrons. The Morgan fingerprint density at radius 1 is 1.33 bits per heavy atom. The molecular weight excluding hydrogens is 239 g/mol. The van der Waals surface area contributed by atoms with Gasteiger partial charge in [0.2, 0.25) is 5.88 Å². The second kappa shape index (κ2) is 4.79. The average molecular weight is 248 g/mol. The average Bonchev–Trinajstić information content (AvgIpc) is 2.38. The van der Waals surface area contributed by atoms with Gasteiger partial charge in [-0.15, -0.1) is 0 Å². The van der Waals surface area contributed by atoms with E-state index in [1.807, 2.05) is 0 Å². The standard InChI is InChI=1S/C12H9FN2O3/c1-18-12-10(6-8(7-14-12)15(16)17)9-4-2-3-5-11(9)13/h2-7H,1H3. The Morgan fingerprint density at radius 3 is 2.67 bits per heavy atom. The number of ether oxygens (including phenoxy) is 1. The van der Waals surface area contributed by atoms with Crippen molar-refractivity contribution in [2.75, 3.05) is 7.11 Å². The van der Waals surface area contributed by atoms with E-state index in [4.69, 9.17) is 4.74 Å². The molecule has 0 atom stereocenters. The highest BCUT2D eigenvalue weighted by Gasteiger charge is 2.16. The van der Waals surface area contributed by atoms with Crippen LogP contribution in [0, 0.1) is 15.9 Å². The molecule has 0 saturated carbocycles. The summed E-state index contributed by atoms with van der Waals surface area (Å²) in [5.41, 5.74) is 0.254. The maximum absolute atomic E-state index is 13.7. The Hall–Kier alpha value is -2.50. The minimum absolute atomic E-state index is 0.144. The van der Waals surface area contributed by atoms with Crippen LogP contribution >= 0.6 is 0 Å². The van der Waals surface area contributed by atoms with E-state index in [9.17, 15) is 14.5 Å². The predicted octanol–water partition coefficient (Wildman–Crippen LogP) is 2.80. The SMILES string of the molecule is COc1ncc([N+](=O)[O-])cc1-c1ccccc1F. The summed E-state index contributed by atoms with van der Waals surface area (Å²) in [6.07, 6.45) is 1.07. The van der Waals surface area contributed by atoms with Gasteiger partial charge in [0.1, 0.15) is 12.0 Å². The monoisotopic (exact) mass is 248 g/mol. The number of halogens is 1. The molecule has 1 heterocycles. The van der Waals surface area contributed by atoms with Crippen molar-refractivity contribution < 1.29 is 14.1 Å². The molecule has 6 heteroatoms. The Kier molecular flexibility index (Phi) is 3.18. The number of methoxy groups -OCH3 is 1. The summed E-state index contributed by atoms with van der Waals surface area (Å²) in [4.78, 5) is 13.9. The third-order valence-electron chi connectivity index (χ3n) is 2.40. The molecule has 0 saturated heterocycles. The van der Waals surface area contributed by atoms with Crippen LogP contribution in [0.4, 0.5) is 10.1 Å². The van der Waals surface area contributed by atoms with Gasteiger partial charge in [-0.05, 0) is 6.07 Å². The van der Waals surface area contributed by atoms with Crippen LogP contribution in [0.3, 0.4) is 0 Å². The molecule has 0 radical (unpaired) electrons. The van der Waals surface area contributed by atoms with Crippen molar-refractivity contribution >= 4 is 5.69 Å². The topological polar surface area (TPSA) is 65.3 Å². The summed E-state index contributed by atoms with van der Waals surface area (Å²) < 4.78 is 18.7. The molecule has 0 N–H and O–H groups in total. The maximum atomic E-state index is 13.7. The van der Waals surface area contributed by atoms with Gasteiger partial charge in [-0.3, -0.25) is 10.1 Å². The van der Waals surface area contributed by atoms with E-state index in [0.717, 1.165) is 6.20 Å². The fraction of sp³-hybridized carbons (Fsp3) is 0.0833. The van der Waals surface area contributed by atoms with Gasteiger partial charge in [0.25, 0.3) is 5.69 Å². The van der Waals surface area contributed by atoms with Gasteiger partial charge in [0.15, 0.2) is 0 Å². The molecule has 0 amide bonds. The van der Waals surface area contributed by atoms with Gasteiger partial charge in [0, 0.05) is 11.6 Å². The summed E-state index contributed by atoms with van der Waals surface area (Å²) >= 11 is 0. The molecule has 0 fully saturated rings. The first-order chi connectivity index (χ1) is 8.63. The van der Waals surface area contributed by atoms with Crippen LogP contribution in [-0.2, 0) is 0 Å². The fourth-order valence-electron chi connectivity index (χ4n) is 1.58. The van der Waals surface area contributed by atoms with Crippen molar-refractivity contribution in [1.82, 2.24) is 4.98 Å². The Labute approximate surface area is 102 Å². The van der Waals surface area contributed by atoms with Crippen LogP contribution in [0.2, 0.25) is 0 Å². The molecular formula is C12H9FN2O3. The molecule has 0 aliphatic carbocycles. The largest absolute Gasteiger partial charge is 0.481 e. The van der Waals surface area contributed by atoms with Crippen LogP contribution in [0.25, 0.3) is 11.1 Å². The first kappa shape index (κ1) is 12.0. The molecule has 2 rings (SSSR count). The van der Waals surface area contributed by atoms with Crippen LogP contribution in [0.1, 0.15) is 0 Å². The van der Waals surface area contributed by atoms with Crippen molar-refractivity contribution in [1.29, 1.82) is 0 Å². The summed E-state index contributed by atoms with van der Waals surface area (Å²) in [5, 5.41) is 10.7. The molecule has 2 aromatic rings. The summed E-state index contributed by atoms with van der Waals surface area (Å²) in [6, 6.07) is 7.20. The number of hydrogen-bond acceptors (Lipinski definition) is 4. The predicted molar refractivity (Wildman–Crippen MR) is 62.8 cm³/mol. The minimum Gasteiger partial charge on any atom is -0.481 e. The van der Waals surface area contributed by atoms with Crippen molar-refractivity contribution in [2.24, 2.45) is 0 Å². The van der Waals surface area contributed by atoms with Crippen LogP contribution < -0.4 is 4.74 Å². The summed E-state index contributed by atoms with van der Waals surface area (Å²) in [5.74, 6) is -0.344. The van der Waals surface area contributed by atoms with Gasteiger partial charge in [-0.25, -0.2) is 9.37 Å². The first-order valence-corrected chi connectivity index (χ1v) is 5.07. The highest BCUT2D eigenvalue weighted by atomic mass is 19.1. The summed E-state index contributed by atoms with van der Waals surface area (Å²) in [7, 11) is 1.37. The summed E-state index contributed by atoms with van der Waals surface area (Å²) in [6.45, 7) is 0. The number of nitro groups is 1. The van der Waals surface area contributed by atoms with Crippen molar-refractivity contribution in [3.05, 3.63) is 52.5 Å². The first-order valence-electron chi connectivity index (χ1n) is 5.07. The molecule has 1 aromatic carbocycles. The molecule has 0 aliphatic heterocycles. The number of hydrogen-bond donors (Lipinski definition) is 0. The number of aromatic nitrogens is 1. The van der Waals surface area contributed by atoms with E-state index in [1.54, 1.807) is 6.07 Å². The molecule has 0 spiro atoms. The van der Waals surface area contributed by atoms with Crippen LogP contribution in [0.15, 0.2) is 36.5 Å². The van der Waals surface area contributed by atoms with E-state index in [0.29, 0.717) is 0 Å². The zero-order valence-electron chi connectivity index (χ0n) is 9.46. The van der Waals surface area contributed by atoms with Gasteiger partial charge in [0.05, 0.1) is 17.6 Å².